The fourth-order valence-corrected chi connectivity index (χ4v) is 0. The van der Waals surface area contributed by atoms with Gasteiger partial charge in [-0.25, -0.2) is 0 Å². The molecule has 0 aliphatic rings. The van der Waals surface area contributed by atoms with Crippen LogP contribution in [0.15, 0.2) is 0 Å². The number of hydrogen-bond acceptors (Lipinski definition) is 0. The maximum absolute atomic E-state index is 3.58. The van der Waals surface area contributed by atoms with Crippen LogP contribution in [0.4, 0.5) is 0 Å². The number of rotatable bonds is 1. The molecule has 0 bridgehead atoms. The fraction of sp³-hybridized carbons (Fsp3) is 0.500. The van der Waals surface area contributed by atoms with Gasteiger partial charge in [-0.1, -0.05) is 13.1 Å². The summed E-state index contributed by atoms with van der Waals surface area (Å²) in [7, 11) is 1.25. The van der Waals surface area contributed by atoms with Gasteiger partial charge in [0.15, 0.2) is 7.00 Å². The Morgan fingerprint density at radius 1 is 2.00 bits per heavy atom. The highest BCUT2D eigenvalue weighted by Crippen LogP contribution is 1.77. The lowest BCUT2D eigenvalue weighted by molar-refractivity contribution is 2.38. The van der Waals surface area contributed by atoms with Crippen LogP contribution in [0.2, 0.25) is 6.82 Å². The van der Waals surface area contributed by atoms with Crippen molar-refractivity contribution in [3.8, 4) is 0 Å². The van der Waals surface area contributed by atoms with Gasteiger partial charge < -0.3 is 0 Å². The minimum Gasteiger partial charge on any atom is -0.166 e. The van der Waals surface area contributed by atoms with Crippen LogP contribution in [0.1, 0.15) is 0 Å². The van der Waals surface area contributed by atoms with Gasteiger partial charge in [-0.05, 0) is 0 Å². The Labute approximate surface area is 29.2 Å². The second-order valence-electron chi connectivity index (χ2n) is 0.540. The number of hydrogen-bond donors (Lipinski definition) is 0. The summed E-state index contributed by atoms with van der Waals surface area (Å²) in [5.41, 5.74) is 0. The molecule has 2 heteroatoms. The third kappa shape index (κ3) is 2.23. The van der Waals surface area contributed by atoms with Gasteiger partial charge in [0.05, 0.1) is 0 Å². The first kappa shape index (κ1) is 4.23. The molecule has 0 spiro atoms. The third-order valence-electron chi connectivity index (χ3n) is 0.224. The summed E-state index contributed by atoms with van der Waals surface area (Å²) in [5.74, 6) is 0. The van der Waals surface area contributed by atoms with E-state index in [1.165, 1.54) is 15.1 Å². The predicted octanol–water partition coefficient (Wildman–Crippen LogP) is 0.764. The van der Waals surface area contributed by atoms with Crippen LogP contribution in [-0.4, -0.2) is 13.3 Å². The van der Waals surface area contributed by atoms with E-state index in [-0.39, 0.29) is 0 Å². The first-order valence-corrected chi connectivity index (χ1v) is 2.60. The molecule has 4 heavy (non-hydrogen) atoms. The zero-order valence-electron chi connectivity index (χ0n) is 2.86. The standard InChI is InChI=1S/C2H6BP/c1-3-4-2/h3H,2H2,1H3. The van der Waals surface area contributed by atoms with Crippen molar-refractivity contribution in [1.82, 2.24) is 0 Å². The largest absolute Gasteiger partial charge is 0.181 e. The third-order valence-corrected chi connectivity index (χ3v) is 0.671. The molecule has 0 saturated carbocycles. The monoisotopic (exact) mass is 72.0 g/mol. The average molecular weight is 71.9 g/mol. The van der Waals surface area contributed by atoms with E-state index in [2.05, 4.69) is 13.1 Å². The lowest BCUT2D eigenvalue weighted by Crippen LogP contribution is -1.49. The summed E-state index contributed by atoms with van der Waals surface area (Å²) >= 11 is 0. The van der Waals surface area contributed by atoms with Crippen LogP contribution in [0.25, 0.3) is 0 Å². The van der Waals surface area contributed by atoms with E-state index in [9.17, 15) is 0 Å². The molecule has 0 fully saturated rings. The highest BCUT2D eigenvalue weighted by atomic mass is 31.0. The Hall–Kier alpha value is 0.235. The van der Waals surface area contributed by atoms with Gasteiger partial charge in [0.2, 0.25) is 0 Å². The summed E-state index contributed by atoms with van der Waals surface area (Å²) in [6, 6.07) is 0. The van der Waals surface area contributed by atoms with Gasteiger partial charge in [-0.15, -0.1) is 0 Å². The van der Waals surface area contributed by atoms with E-state index in [1.807, 2.05) is 0 Å². The van der Waals surface area contributed by atoms with Gasteiger partial charge in [-0.2, -0.15) is 8.08 Å². The molecule has 0 aliphatic heterocycles. The first-order chi connectivity index (χ1) is 1.91. The molecule has 0 radical (unpaired) electrons. The van der Waals surface area contributed by atoms with Crippen molar-refractivity contribution >= 4 is 21.4 Å². The molecule has 0 atom stereocenters. The first-order valence-electron chi connectivity index (χ1n) is 1.34. The Bertz CT molecular complexity index is 20.0. The van der Waals surface area contributed by atoms with Gasteiger partial charge in [-0.3, -0.25) is 0 Å². The van der Waals surface area contributed by atoms with Crippen molar-refractivity contribution < 1.29 is 0 Å². The molecule has 0 aromatic rings. The predicted molar refractivity (Wildman–Crippen MR) is 27.1 cm³/mol. The minimum atomic E-state index is 1.18. The molecule has 0 heterocycles. The van der Waals surface area contributed by atoms with Gasteiger partial charge in [0.1, 0.15) is 0 Å². The normalized spacial score (nSPS) is 7.25. The van der Waals surface area contributed by atoms with Crippen LogP contribution in [0.5, 0.6) is 0 Å². The fourth-order valence-electron chi connectivity index (χ4n) is 0. The quantitative estimate of drug-likeness (QED) is 0.317. The molecule has 0 saturated heterocycles. The van der Waals surface area contributed by atoms with Crippen LogP contribution >= 0.6 is 8.08 Å². The van der Waals surface area contributed by atoms with Crippen LogP contribution in [0, 0.1) is 0 Å². The topological polar surface area (TPSA) is 0 Å². The van der Waals surface area contributed by atoms with E-state index < -0.39 is 0 Å². The van der Waals surface area contributed by atoms with Crippen LogP contribution in [-0.2, 0) is 0 Å². The second kappa shape index (κ2) is 3.23. The maximum atomic E-state index is 3.58. The van der Waals surface area contributed by atoms with Gasteiger partial charge >= 0.3 is 0 Å². The molecule has 0 unspecified atom stereocenters. The molecular formula is C2H6BP. The summed E-state index contributed by atoms with van der Waals surface area (Å²) in [5, 5.41) is 0. The van der Waals surface area contributed by atoms with E-state index in [1.54, 1.807) is 0 Å². The molecule has 0 aromatic carbocycles. The summed E-state index contributed by atoms with van der Waals surface area (Å²) in [4.78, 5) is 0. The lowest BCUT2D eigenvalue weighted by atomic mass is 10.2. The zero-order chi connectivity index (χ0) is 3.41. The molecule has 0 nitrogen and oxygen atoms in total. The SMILES string of the molecule is C=PBC. The van der Waals surface area contributed by atoms with E-state index in [4.69, 9.17) is 0 Å². The zero-order valence-corrected chi connectivity index (χ0v) is 3.76. The van der Waals surface area contributed by atoms with Gasteiger partial charge in [0.25, 0.3) is 0 Å². The molecule has 0 amide bonds. The summed E-state index contributed by atoms with van der Waals surface area (Å²) in [6.07, 6.45) is 3.58. The highest BCUT2D eigenvalue weighted by molar-refractivity contribution is 7.69. The highest BCUT2D eigenvalue weighted by Gasteiger charge is 1.53. The smallest absolute Gasteiger partial charge is 0.166 e. The van der Waals surface area contributed by atoms with Gasteiger partial charge in [0, 0.05) is 0 Å². The van der Waals surface area contributed by atoms with Crippen molar-refractivity contribution in [2.45, 2.75) is 6.82 Å². The van der Waals surface area contributed by atoms with E-state index in [0.29, 0.717) is 0 Å². The van der Waals surface area contributed by atoms with Crippen molar-refractivity contribution in [2.75, 3.05) is 0 Å². The Morgan fingerprint density at radius 3 is 2.25 bits per heavy atom. The average Bonchev–Trinajstić information content (AvgIpc) is 1.37. The lowest BCUT2D eigenvalue weighted by Gasteiger charge is -1.52. The van der Waals surface area contributed by atoms with Crippen LogP contribution in [0.3, 0.4) is 0 Å². The van der Waals surface area contributed by atoms with Crippen molar-refractivity contribution in [3.63, 3.8) is 0 Å². The van der Waals surface area contributed by atoms with Crippen molar-refractivity contribution in [3.05, 3.63) is 0 Å². The molecule has 0 aromatic heterocycles. The molecule has 22 valence electrons. The van der Waals surface area contributed by atoms with E-state index in [0.717, 1.165) is 0 Å². The Morgan fingerprint density at radius 2 is 2.25 bits per heavy atom. The molecule has 0 N–H and O–H groups in total. The maximum Gasteiger partial charge on any atom is 0.181 e. The summed E-state index contributed by atoms with van der Waals surface area (Å²) in [6.45, 7) is 3.29. The minimum absolute atomic E-state index is 1.18. The summed E-state index contributed by atoms with van der Waals surface area (Å²) < 4.78 is 0. The Kier molecular flexibility index (Phi) is 3.42. The second-order valence-corrected chi connectivity index (χ2v) is 1.62. The van der Waals surface area contributed by atoms with Crippen molar-refractivity contribution in [2.24, 2.45) is 0 Å². The van der Waals surface area contributed by atoms with Crippen molar-refractivity contribution in [1.29, 1.82) is 0 Å². The van der Waals surface area contributed by atoms with Crippen LogP contribution < -0.4 is 0 Å². The molecule has 0 aliphatic carbocycles. The molecular weight excluding hydrogens is 65.8 g/mol. The molecule has 0 rings (SSSR count). The Balaban J connectivity index is 2.30. The van der Waals surface area contributed by atoms with E-state index >= 15 is 0 Å².